The summed E-state index contributed by atoms with van der Waals surface area (Å²) in [4.78, 5) is 0. The van der Waals surface area contributed by atoms with E-state index in [0.717, 1.165) is 0 Å². The Kier molecular flexibility index (Phi) is 1.23. The zero-order chi connectivity index (χ0) is 5.11. The molecule has 0 aliphatic carbocycles. The number of hydrogen-bond donors (Lipinski definition) is 0. The maximum atomic E-state index is 10.4. The largest absolute Gasteiger partial charge is 0.464 e. The van der Waals surface area contributed by atoms with E-state index in [1.165, 1.54) is 24.1 Å². The molecule has 0 radical (unpaired) electrons. The molecule has 0 atom stereocenters. The normalized spacial score (nSPS) is 8.57. The van der Waals surface area contributed by atoms with Crippen molar-refractivity contribution < 1.29 is 8.98 Å². The van der Waals surface area contributed by atoms with Gasteiger partial charge < -0.3 is 4.42 Å². The first-order valence-electron chi connectivity index (χ1n) is 1.84. The average molecular weight is 115 g/mol. The van der Waals surface area contributed by atoms with Crippen molar-refractivity contribution in [1.29, 1.82) is 0 Å². The minimum absolute atomic E-state index is 1.23. The summed E-state index contributed by atoms with van der Waals surface area (Å²) in [5.41, 5.74) is 0. The summed E-state index contributed by atoms with van der Waals surface area (Å²) < 4.78 is 15.0. The van der Waals surface area contributed by atoms with E-state index >= 15 is 0 Å². The summed E-state index contributed by atoms with van der Waals surface area (Å²) in [6.45, 7) is 0. The first-order valence-corrected chi connectivity index (χ1v) is 3.23. The van der Waals surface area contributed by atoms with Gasteiger partial charge in [0, 0.05) is 0 Å². The van der Waals surface area contributed by atoms with Crippen molar-refractivity contribution in [2.45, 2.75) is 0 Å². The van der Waals surface area contributed by atoms with Crippen molar-refractivity contribution in [3.05, 3.63) is 24.1 Å². The van der Waals surface area contributed by atoms with Gasteiger partial charge in [0.15, 0.2) is 11.6 Å². The van der Waals surface area contributed by atoms with Crippen LogP contribution in [0.4, 0.5) is 0 Å². The third-order valence-electron chi connectivity index (χ3n) is 0.573. The molecular formula is C4H4O2P+. The van der Waals surface area contributed by atoms with Gasteiger partial charge in [0.1, 0.15) is 12.5 Å². The highest BCUT2D eigenvalue weighted by atomic mass is 31.1. The average Bonchev–Trinajstić information content (AvgIpc) is 1.69. The van der Waals surface area contributed by atoms with Crippen LogP contribution in [0.3, 0.4) is 0 Å². The smallest absolute Gasteiger partial charge is 0.406 e. The quantitative estimate of drug-likeness (QED) is 0.517. The van der Waals surface area contributed by atoms with Gasteiger partial charge in [0.2, 0.25) is 0 Å². The van der Waals surface area contributed by atoms with E-state index in [1.54, 1.807) is 0 Å². The van der Waals surface area contributed by atoms with Gasteiger partial charge in [-0.3, -0.25) is 0 Å². The van der Waals surface area contributed by atoms with Crippen LogP contribution < -0.4 is 0 Å². The Morgan fingerprint density at radius 2 is 1.86 bits per heavy atom. The second-order valence-electron chi connectivity index (χ2n) is 1.07. The maximum absolute atomic E-state index is 10.4. The molecule has 1 heterocycles. The molecule has 1 rings (SSSR count). The molecule has 0 aliphatic heterocycles. The number of rotatable bonds is 0. The molecule has 1 aromatic rings. The lowest BCUT2D eigenvalue weighted by atomic mass is 11.0. The molecule has 0 aliphatic rings. The molecule has 0 N–H and O–H groups in total. The standard InChI is InChI=1S/C4H4O2P/c5-7-3-1-6-2-4-7/h1-4H/q+1. The fraction of sp³-hybridized carbons (Fsp3) is 0. The van der Waals surface area contributed by atoms with Crippen LogP contribution in [0.15, 0.2) is 28.5 Å². The van der Waals surface area contributed by atoms with Crippen molar-refractivity contribution >= 4 is 7.41 Å². The highest BCUT2D eigenvalue weighted by Gasteiger charge is 1.87. The van der Waals surface area contributed by atoms with Gasteiger partial charge in [-0.1, -0.05) is 4.57 Å². The minimum atomic E-state index is -1.23. The second kappa shape index (κ2) is 1.90. The first-order chi connectivity index (χ1) is 3.39. The van der Waals surface area contributed by atoms with Crippen LogP contribution >= 0.6 is 7.41 Å². The lowest BCUT2D eigenvalue weighted by molar-refractivity contribution is 0.550. The van der Waals surface area contributed by atoms with Gasteiger partial charge in [-0.15, -0.1) is 0 Å². The molecular weight excluding hydrogens is 111 g/mol. The van der Waals surface area contributed by atoms with Gasteiger partial charge in [-0.25, -0.2) is 0 Å². The lowest BCUT2D eigenvalue weighted by Gasteiger charge is -1.63. The van der Waals surface area contributed by atoms with Crippen LogP contribution in [0.2, 0.25) is 0 Å². The van der Waals surface area contributed by atoms with Gasteiger partial charge >= 0.3 is 7.41 Å². The third-order valence-corrected chi connectivity index (χ3v) is 1.40. The Hall–Kier alpha value is -0.620. The molecule has 0 saturated heterocycles. The monoisotopic (exact) mass is 115 g/mol. The number of hydrogen-bond acceptors (Lipinski definition) is 2. The van der Waals surface area contributed by atoms with Gasteiger partial charge in [0.05, 0.1) is 0 Å². The summed E-state index contributed by atoms with van der Waals surface area (Å²) in [5.74, 6) is 3.02. The van der Waals surface area contributed by atoms with Crippen LogP contribution in [0.1, 0.15) is 0 Å². The Morgan fingerprint density at radius 1 is 1.29 bits per heavy atom. The zero-order valence-corrected chi connectivity index (χ0v) is 4.47. The molecule has 0 saturated carbocycles. The summed E-state index contributed by atoms with van der Waals surface area (Å²) >= 11 is 0. The van der Waals surface area contributed by atoms with Crippen molar-refractivity contribution in [2.24, 2.45) is 0 Å². The van der Waals surface area contributed by atoms with E-state index in [9.17, 15) is 4.57 Å². The highest BCUT2D eigenvalue weighted by molar-refractivity contribution is 7.34. The zero-order valence-electron chi connectivity index (χ0n) is 3.57. The Labute approximate surface area is 41.5 Å². The van der Waals surface area contributed by atoms with E-state index in [1.807, 2.05) is 0 Å². The molecule has 0 amide bonds. The molecule has 2 nitrogen and oxygen atoms in total. The first kappa shape index (κ1) is 4.54. The van der Waals surface area contributed by atoms with Crippen LogP contribution in [-0.4, -0.2) is 0 Å². The van der Waals surface area contributed by atoms with Crippen molar-refractivity contribution in [2.75, 3.05) is 0 Å². The molecule has 0 fully saturated rings. The minimum Gasteiger partial charge on any atom is -0.464 e. The third kappa shape index (κ3) is 1.13. The van der Waals surface area contributed by atoms with E-state index in [0.29, 0.717) is 0 Å². The van der Waals surface area contributed by atoms with Gasteiger partial charge in [-0.2, -0.15) is 0 Å². The van der Waals surface area contributed by atoms with Crippen LogP contribution in [0, 0.1) is 0 Å². The van der Waals surface area contributed by atoms with Gasteiger partial charge in [0.25, 0.3) is 0 Å². The van der Waals surface area contributed by atoms with Gasteiger partial charge in [-0.05, 0) is 0 Å². The van der Waals surface area contributed by atoms with E-state index in [2.05, 4.69) is 4.42 Å². The molecule has 7 heavy (non-hydrogen) atoms. The fourth-order valence-corrected chi connectivity index (χ4v) is 0.765. The Morgan fingerprint density at radius 3 is 2.14 bits per heavy atom. The molecule has 0 unspecified atom stereocenters. The summed E-state index contributed by atoms with van der Waals surface area (Å²) in [6.07, 6.45) is 2.83. The van der Waals surface area contributed by atoms with Crippen molar-refractivity contribution in [3.63, 3.8) is 0 Å². The summed E-state index contributed by atoms with van der Waals surface area (Å²) in [7, 11) is -1.23. The topological polar surface area (TPSA) is 30.2 Å². The molecule has 36 valence electrons. The van der Waals surface area contributed by atoms with E-state index < -0.39 is 7.41 Å². The second-order valence-corrected chi connectivity index (χ2v) is 2.38. The molecule has 3 heteroatoms. The highest BCUT2D eigenvalue weighted by Crippen LogP contribution is 2.07. The van der Waals surface area contributed by atoms with E-state index in [-0.39, 0.29) is 0 Å². The Bertz CT molecular complexity index is 175. The molecule has 1 aromatic heterocycles. The predicted octanol–water partition coefficient (Wildman–Crippen LogP) is 2.02. The maximum Gasteiger partial charge on any atom is 0.406 e. The van der Waals surface area contributed by atoms with Crippen molar-refractivity contribution in [1.82, 2.24) is 0 Å². The van der Waals surface area contributed by atoms with Crippen LogP contribution in [0.25, 0.3) is 0 Å². The SMILES string of the molecule is O=[p+]1ccocc1. The van der Waals surface area contributed by atoms with E-state index in [4.69, 9.17) is 0 Å². The molecule has 0 bridgehead atoms. The van der Waals surface area contributed by atoms with Crippen LogP contribution in [0.5, 0.6) is 0 Å². The van der Waals surface area contributed by atoms with Crippen LogP contribution in [-0.2, 0) is 4.57 Å². The molecule has 0 spiro atoms. The lowest BCUT2D eigenvalue weighted by Crippen LogP contribution is -1.43. The fourth-order valence-electron chi connectivity index (χ4n) is 0.285. The van der Waals surface area contributed by atoms with Crippen molar-refractivity contribution in [3.8, 4) is 0 Å². The summed E-state index contributed by atoms with van der Waals surface area (Å²) in [5, 5.41) is 0. The summed E-state index contributed by atoms with van der Waals surface area (Å²) in [6, 6.07) is 0. The Balaban J connectivity index is 3.28. The predicted molar refractivity (Wildman–Crippen MR) is 26.3 cm³/mol. The molecule has 0 aromatic carbocycles.